The second kappa shape index (κ2) is 6.11. The lowest BCUT2D eigenvalue weighted by atomic mass is 9.93. The monoisotopic (exact) mass is 333 g/mol. The van der Waals surface area contributed by atoms with Crippen LogP contribution in [0.25, 0.3) is 0 Å². The minimum Gasteiger partial charge on any atom is -0.486 e. The average molecular weight is 333 g/mol. The van der Waals surface area contributed by atoms with Crippen LogP contribution < -0.4 is 14.8 Å². The molecular formula is C18H17F2NO3. The SMILES string of the molecule is CC(C)(NC(=O)c1ccc(F)c(F)c1)c1ccc2c(c1)OCCO2. The Morgan fingerprint density at radius 2 is 1.71 bits per heavy atom. The highest BCUT2D eigenvalue weighted by Gasteiger charge is 2.26. The van der Waals surface area contributed by atoms with Crippen molar-refractivity contribution >= 4 is 5.91 Å². The van der Waals surface area contributed by atoms with E-state index < -0.39 is 23.1 Å². The fourth-order valence-electron chi connectivity index (χ4n) is 2.50. The minimum absolute atomic E-state index is 0.0551. The Kier molecular flexibility index (Phi) is 4.13. The fraction of sp³-hybridized carbons (Fsp3) is 0.278. The van der Waals surface area contributed by atoms with Crippen molar-refractivity contribution in [3.8, 4) is 11.5 Å². The van der Waals surface area contributed by atoms with Crippen molar-refractivity contribution in [1.82, 2.24) is 5.32 Å². The Morgan fingerprint density at radius 1 is 1.00 bits per heavy atom. The zero-order chi connectivity index (χ0) is 17.3. The molecule has 0 radical (unpaired) electrons. The molecule has 24 heavy (non-hydrogen) atoms. The predicted octanol–water partition coefficient (Wildman–Crippen LogP) is 3.40. The van der Waals surface area contributed by atoms with Crippen molar-refractivity contribution in [3.63, 3.8) is 0 Å². The van der Waals surface area contributed by atoms with Crippen LogP contribution in [0, 0.1) is 11.6 Å². The summed E-state index contributed by atoms with van der Waals surface area (Å²) in [6, 6.07) is 8.48. The van der Waals surface area contributed by atoms with Crippen LogP contribution in [0.3, 0.4) is 0 Å². The predicted molar refractivity (Wildman–Crippen MR) is 84.3 cm³/mol. The van der Waals surface area contributed by atoms with Crippen molar-refractivity contribution in [2.45, 2.75) is 19.4 Å². The van der Waals surface area contributed by atoms with E-state index in [1.54, 1.807) is 12.1 Å². The van der Waals surface area contributed by atoms with E-state index in [1.807, 2.05) is 19.9 Å². The first-order chi connectivity index (χ1) is 11.4. The molecule has 126 valence electrons. The molecule has 0 atom stereocenters. The maximum absolute atomic E-state index is 13.3. The molecule has 3 rings (SSSR count). The van der Waals surface area contributed by atoms with Crippen molar-refractivity contribution in [3.05, 3.63) is 59.2 Å². The molecule has 1 heterocycles. The molecule has 0 aromatic heterocycles. The van der Waals surface area contributed by atoms with Crippen LogP contribution in [-0.4, -0.2) is 19.1 Å². The Bertz CT molecular complexity index is 790. The van der Waals surface area contributed by atoms with Gasteiger partial charge in [-0.05, 0) is 49.7 Å². The zero-order valence-corrected chi connectivity index (χ0v) is 13.4. The molecule has 0 saturated carbocycles. The van der Waals surface area contributed by atoms with Gasteiger partial charge in [0.15, 0.2) is 23.1 Å². The standard InChI is InChI=1S/C18H17F2NO3/c1-18(2,12-4-6-15-16(10-12)24-8-7-23-15)21-17(22)11-3-5-13(19)14(20)9-11/h3-6,9-10H,7-8H2,1-2H3,(H,21,22). The first-order valence-electron chi connectivity index (χ1n) is 7.54. The molecule has 0 saturated heterocycles. The van der Waals surface area contributed by atoms with Gasteiger partial charge in [0.1, 0.15) is 13.2 Å². The van der Waals surface area contributed by atoms with Crippen LogP contribution in [0.5, 0.6) is 11.5 Å². The van der Waals surface area contributed by atoms with Gasteiger partial charge in [0.2, 0.25) is 0 Å². The quantitative estimate of drug-likeness (QED) is 0.936. The molecule has 6 heteroatoms. The van der Waals surface area contributed by atoms with Crippen molar-refractivity contribution in [2.75, 3.05) is 13.2 Å². The lowest BCUT2D eigenvalue weighted by Gasteiger charge is -2.28. The molecule has 4 nitrogen and oxygen atoms in total. The largest absolute Gasteiger partial charge is 0.486 e. The van der Waals surface area contributed by atoms with Crippen LogP contribution >= 0.6 is 0 Å². The number of hydrogen-bond acceptors (Lipinski definition) is 3. The Hall–Kier alpha value is -2.63. The number of carbonyl (C=O) groups is 1. The van der Waals surface area contributed by atoms with E-state index >= 15 is 0 Å². The average Bonchev–Trinajstić information content (AvgIpc) is 2.56. The second-order valence-corrected chi connectivity index (χ2v) is 6.07. The van der Waals surface area contributed by atoms with Crippen LogP contribution in [0.4, 0.5) is 8.78 Å². The van der Waals surface area contributed by atoms with Gasteiger partial charge in [0.25, 0.3) is 5.91 Å². The molecule has 0 fully saturated rings. The maximum Gasteiger partial charge on any atom is 0.252 e. The topological polar surface area (TPSA) is 47.6 Å². The third-order valence-corrected chi connectivity index (χ3v) is 3.87. The summed E-state index contributed by atoms with van der Waals surface area (Å²) in [5, 5.41) is 2.82. The highest BCUT2D eigenvalue weighted by atomic mass is 19.2. The van der Waals surface area contributed by atoms with E-state index in [1.165, 1.54) is 6.07 Å². The molecule has 0 aliphatic carbocycles. The third-order valence-electron chi connectivity index (χ3n) is 3.87. The van der Waals surface area contributed by atoms with E-state index in [2.05, 4.69) is 5.32 Å². The molecule has 2 aromatic carbocycles. The highest BCUT2D eigenvalue weighted by molar-refractivity contribution is 5.94. The van der Waals surface area contributed by atoms with Gasteiger partial charge in [-0.1, -0.05) is 6.07 Å². The number of ether oxygens (including phenoxy) is 2. The second-order valence-electron chi connectivity index (χ2n) is 6.07. The Labute approximate surface area is 138 Å². The minimum atomic E-state index is -1.06. The molecule has 1 aliphatic rings. The van der Waals surface area contributed by atoms with Gasteiger partial charge in [-0.2, -0.15) is 0 Å². The summed E-state index contributed by atoms with van der Waals surface area (Å²) in [4.78, 5) is 12.3. The normalized spacial score (nSPS) is 13.5. The smallest absolute Gasteiger partial charge is 0.252 e. The summed E-state index contributed by atoms with van der Waals surface area (Å²) in [6.45, 7) is 4.60. The van der Waals surface area contributed by atoms with Gasteiger partial charge in [0.05, 0.1) is 5.54 Å². The number of amides is 1. The molecule has 0 bridgehead atoms. The Balaban J connectivity index is 1.82. The fourth-order valence-corrected chi connectivity index (χ4v) is 2.50. The van der Waals surface area contributed by atoms with Gasteiger partial charge >= 0.3 is 0 Å². The van der Waals surface area contributed by atoms with E-state index in [-0.39, 0.29) is 5.56 Å². The lowest BCUT2D eigenvalue weighted by molar-refractivity contribution is 0.0911. The maximum atomic E-state index is 13.3. The molecule has 0 unspecified atom stereocenters. The third kappa shape index (κ3) is 3.18. The van der Waals surface area contributed by atoms with Gasteiger partial charge in [0, 0.05) is 5.56 Å². The van der Waals surface area contributed by atoms with E-state index in [4.69, 9.17) is 9.47 Å². The molecule has 0 spiro atoms. The van der Waals surface area contributed by atoms with Crippen LogP contribution in [0.15, 0.2) is 36.4 Å². The number of hydrogen-bond donors (Lipinski definition) is 1. The van der Waals surface area contributed by atoms with Crippen LogP contribution in [0.2, 0.25) is 0 Å². The first-order valence-corrected chi connectivity index (χ1v) is 7.54. The summed E-state index contributed by atoms with van der Waals surface area (Å²) in [7, 11) is 0. The van der Waals surface area contributed by atoms with Gasteiger partial charge in [-0.25, -0.2) is 8.78 Å². The number of halogens is 2. The van der Waals surface area contributed by atoms with Gasteiger partial charge in [-0.15, -0.1) is 0 Å². The van der Waals surface area contributed by atoms with Gasteiger partial charge in [-0.3, -0.25) is 4.79 Å². The van der Waals surface area contributed by atoms with Crippen molar-refractivity contribution in [1.29, 1.82) is 0 Å². The van der Waals surface area contributed by atoms with Crippen molar-refractivity contribution in [2.24, 2.45) is 0 Å². The summed E-state index contributed by atoms with van der Waals surface area (Å²) >= 11 is 0. The number of rotatable bonds is 3. The molecule has 1 amide bonds. The van der Waals surface area contributed by atoms with Crippen LogP contribution in [-0.2, 0) is 5.54 Å². The lowest BCUT2D eigenvalue weighted by Crippen LogP contribution is -2.41. The summed E-state index contributed by atoms with van der Waals surface area (Å²) < 4.78 is 37.3. The molecule has 2 aromatic rings. The summed E-state index contributed by atoms with van der Waals surface area (Å²) in [5.74, 6) is -1.26. The van der Waals surface area contributed by atoms with Crippen LogP contribution in [0.1, 0.15) is 29.8 Å². The number of benzene rings is 2. The zero-order valence-electron chi connectivity index (χ0n) is 13.4. The van der Waals surface area contributed by atoms with Crippen molar-refractivity contribution < 1.29 is 23.0 Å². The van der Waals surface area contributed by atoms with E-state index in [0.717, 1.165) is 17.7 Å². The van der Waals surface area contributed by atoms with Gasteiger partial charge < -0.3 is 14.8 Å². The number of carbonyl (C=O) groups excluding carboxylic acids is 1. The molecule has 1 aliphatic heterocycles. The van der Waals surface area contributed by atoms with E-state index in [9.17, 15) is 13.6 Å². The molecule has 1 N–H and O–H groups in total. The van der Waals surface area contributed by atoms with E-state index in [0.29, 0.717) is 24.7 Å². The number of fused-ring (bicyclic) bond motifs is 1. The summed E-state index contributed by atoms with van der Waals surface area (Å²) in [6.07, 6.45) is 0. The first kappa shape index (κ1) is 16.2. The molecular weight excluding hydrogens is 316 g/mol. The summed E-state index contributed by atoms with van der Waals surface area (Å²) in [5.41, 5.74) is 0.125. The Morgan fingerprint density at radius 3 is 2.42 bits per heavy atom. The number of nitrogens with one attached hydrogen (secondary N) is 1. The highest BCUT2D eigenvalue weighted by Crippen LogP contribution is 2.34.